The van der Waals surface area contributed by atoms with E-state index in [9.17, 15) is 0 Å². The van der Waals surface area contributed by atoms with Crippen LogP contribution in [0, 0.1) is 24.7 Å². The highest BCUT2D eigenvalue weighted by molar-refractivity contribution is 5.41. The van der Waals surface area contributed by atoms with E-state index in [0.29, 0.717) is 5.95 Å². The normalized spacial score (nSPS) is 19.1. The lowest BCUT2D eigenvalue weighted by atomic mass is 9.98. The van der Waals surface area contributed by atoms with Crippen LogP contribution in [0.4, 0.5) is 11.8 Å². The molecule has 2 aliphatic carbocycles. The fourth-order valence-corrected chi connectivity index (χ4v) is 2.76. The van der Waals surface area contributed by atoms with Gasteiger partial charge in [-0.05, 0) is 50.4 Å². The van der Waals surface area contributed by atoms with E-state index in [1.54, 1.807) is 0 Å². The molecule has 2 saturated carbocycles. The number of aromatic nitrogens is 2. The SMILES string of the molecule is CNc1nc(C)cc(NCC(C2CC2)C2CC2)n1. The zero-order valence-electron chi connectivity index (χ0n) is 11.2. The van der Waals surface area contributed by atoms with Crippen molar-refractivity contribution in [3.8, 4) is 0 Å². The van der Waals surface area contributed by atoms with Gasteiger partial charge < -0.3 is 10.6 Å². The largest absolute Gasteiger partial charge is 0.370 e. The number of anilines is 2. The van der Waals surface area contributed by atoms with E-state index < -0.39 is 0 Å². The Morgan fingerprint density at radius 3 is 2.44 bits per heavy atom. The summed E-state index contributed by atoms with van der Waals surface area (Å²) >= 11 is 0. The van der Waals surface area contributed by atoms with Gasteiger partial charge in [0, 0.05) is 25.4 Å². The maximum absolute atomic E-state index is 4.45. The summed E-state index contributed by atoms with van der Waals surface area (Å²) in [6.07, 6.45) is 5.75. The third-order valence-electron chi connectivity index (χ3n) is 4.05. The second kappa shape index (κ2) is 4.75. The Hall–Kier alpha value is -1.32. The van der Waals surface area contributed by atoms with E-state index in [2.05, 4.69) is 20.6 Å². The van der Waals surface area contributed by atoms with Crippen LogP contribution in [0.2, 0.25) is 0 Å². The predicted molar refractivity (Wildman–Crippen MR) is 73.7 cm³/mol. The van der Waals surface area contributed by atoms with Crippen LogP contribution in [0.15, 0.2) is 6.07 Å². The Bertz CT molecular complexity index is 412. The Morgan fingerprint density at radius 1 is 1.22 bits per heavy atom. The van der Waals surface area contributed by atoms with Gasteiger partial charge in [-0.25, -0.2) is 4.98 Å². The zero-order chi connectivity index (χ0) is 12.5. The lowest BCUT2D eigenvalue weighted by Crippen LogP contribution is -2.19. The first kappa shape index (κ1) is 11.8. The van der Waals surface area contributed by atoms with Gasteiger partial charge in [-0.15, -0.1) is 0 Å². The van der Waals surface area contributed by atoms with Gasteiger partial charge in [-0.2, -0.15) is 4.98 Å². The molecule has 2 N–H and O–H groups in total. The average Bonchev–Trinajstić information content (AvgIpc) is 3.22. The molecule has 0 spiro atoms. The lowest BCUT2D eigenvalue weighted by molar-refractivity contribution is 0.427. The molecular formula is C14H22N4. The summed E-state index contributed by atoms with van der Waals surface area (Å²) < 4.78 is 0. The highest BCUT2D eigenvalue weighted by Crippen LogP contribution is 2.49. The maximum Gasteiger partial charge on any atom is 0.224 e. The zero-order valence-corrected chi connectivity index (χ0v) is 11.2. The van der Waals surface area contributed by atoms with Crippen molar-refractivity contribution in [1.82, 2.24) is 9.97 Å². The number of hydrogen-bond donors (Lipinski definition) is 2. The quantitative estimate of drug-likeness (QED) is 0.810. The summed E-state index contributed by atoms with van der Waals surface area (Å²) in [5.41, 5.74) is 1.01. The van der Waals surface area contributed by atoms with Crippen LogP contribution >= 0.6 is 0 Å². The first-order valence-electron chi connectivity index (χ1n) is 7.03. The van der Waals surface area contributed by atoms with Crippen LogP contribution in [0.3, 0.4) is 0 Å². The van der Waals surface area contributed by atoms with Crippen molar-refractivity contribution in [2.24, 2.45) is 17.8 Å². The summed E-state index contributed by atoms with van der Waals surface area (Å²) in [7, 11) is 1.86. The summed E-state index contributed by atoms with van der Waals surface area (Å²) in [5.74, 6) is 4.50. The van der Waals surface area contributed by atoms with Crippen LogP contribution in [0.1, 0.15) is 31.4 Å². The van der Waals surface area contributed by atoms with Gasteiger partial charge in [0.2, 0.25) is 5.95 Å². The van der Waals surface area contributed by atoms with E-state index in [1.807, 2.05) is 20.0 Å². The van der Waals surface area contributed by atoms with Gasteiger partial charge in [-0.1, -0.05) is 0 Å². The summed E-state index contributed by atoms with van der Waals surface area (Å²) in [6, 6.07) is 2.03. The molecule has 0 bridgehead atoms. The molecule has 2 aliphatic rings. The standard InChI is InChI=1S/C14H22N4/c1-9-7-13(18-14(15-2)17-9)16-8-12(10-3-4-10)11-5-6-11/h7,10-12H,3-6,8H2,1-2H3,(H2,15,16,17,18). The number of hydrogen-bond acceptors (Lipinski definition) is 4. The minimum absolute atomic E-state index is 0.701. The molecule has 1 aromatic rings. The topological polar surface area (TPSA) is 49.8 Å². The van der Waals surface area contributed by atoms with Gasteiger partial charge in [0.05, 0.1) is 0 Å². The Kier molecular flexibility index (Phi) is 3.10. The van der Waals surface area contributed by atoms with Crippen LogP contribution in [-0.4, -0.2) is 23.6 Å². The summed E-state index contributed by atoms with van der Waals surface area (Å²) in [4.78, 5) is 8.76. The van der Waals surface area contributed by atoms with Crippen LogP contribution < -0.4 is 10.6 Å². The molecule has 4 heteroatoms. The van der Waals surface area contributed by atoms with Gasteiger partial charge in [-0.3, -0.25) is 0 Å². The van der Waals surface area contributed by atoms with E-state index in [0.717, 1.165) is 35.8 Å². The minimum Gasteiger partial charge on any atom is -0.370 e. The van der Waals surface area contributed by atoms with Crippen molar-refractivity contribution in [2.45, 2.75) is 32.6 Å². The predicted octanol–water partition coefficient (Wildman–Crippen LogP) is 2.67. The highest BCUT2D eigenvalue weighted by Gasteiger charge is 2.41. The van der Waals surface area contributed by atoms with Gasteiger partial charge in [0.1, 0.15) is 5.82 Å². The lowest BCUT2D eigenvalue weighted by Gasteiger charge is -2.17. The van der Waals surface area contributed by atoms with Crippen LogP contribution in [0.25, 0.3) is 0 Å². The molecule has 0 aliphatic heterocycles. The number of nitrogens with zero attached hydrogens (tertiary/aromatic N) is 2. The molecule has 0 aromatic carbocycles. The summed E-state index contributed by atoms with van der Waals surface area (Å²) in [5, 5.41) is 6.52. The fourth-order valence-electron chi connectivity index (χ4n) is 2.76. The van der Waals surface area contributed by atoms with Gasteiger partial charge in [0.25, 0.3) is 0 Å². The van der Waals surface area contributed by atoms with Gasteiger partial charge in [0.15, 0.2) is 0 Å². The van der Waals surface area contributed by atoms with E-state index >= 15 is 0 Å². The van der Waals surface area contributed by atoms with Crippen LogP contribution in [0.5, 0.6) is 0 Å². The second-order valence-corrected chi connectivity index (χ2v) is 5.69. The molecule has 0 unspecified atom stereocenters. The van der Waals surface area contributed by atoms with Crippen molar-refractivity contribution in [3.05, 3.63) is 11.8 Å². The van der Waals surface area contributed by atoms with E-state index in [4.69, 9.17) is 0 Å². The molecule has 0 saturated heterocycles. The first-order valence-corrected chi connectivity index (χ1v) is 7.03. The monoisotopic (exact) mass is 246 g/mol. The van der Waals surface area contributed by atoms with Crippen molar-refractivity contribution in [2.75, 3.05) is 24.2 Å². The smallest absolute Gasteiger partial charge is 0.224 e. The minimum atomic E-state index is 0.701. The number of rotatable bonds is 6. The number of aryl methyl sites for hydroxylation is 1. The van der Waals surface area contributed by atoms with Crippen molar-refractivity contribution in [1.29, 1.82) is 0 Å². The summed E-state index contributed by atoms with van der Waals surface area (Å²) in [6.45, 7) is 3.09. The molecule has 2 fully saturated rings. The first-order chi connectivity index (χ1) is 8.76. The molecule has 0 atom stereocenters. The fraction of sp³-hybridized carbons (Fsp3) is 0.714. The molecule has 0 amide bonds. The molecule has 0 radical (unpaired) electrons. The van der Waals surface area contributed by atoms with Gasteiger partial charge >= 0.3 is 0 Å². The molecule has 4 nitrogen and oxygen atoms in total. The second-order valence-electron chi connectivity index (χ2n) is 5.69. The highest BCUT2D eigenvalue weighted by atomic mass is 15.1. The van der Waals surface area contributed by atoms with Crippen molar-refractivity contribution < 1.29 is 0 Å². The Morgan fingerprint density at radius 2 is 1.89 bits per heavy atom. The molecule has 98 valence electrons. The third-order valence-corrected chi connectivity index (χ3v) is 4.05. The number of nitrogens with one attached hydrogen (secondary N) is 2. The molecule has 1 heterocycles. The molecule has 1 aromatic heterocycles. The van der Waals surface area contributed by atoms with Crippen LogP contribution in [-0.2, 0) is 0 Å². The van der Waals surface area contributed by atoms with Crippen molar-refractivity contribution in [3.63, 3.8) is 0 Å². The average molecular weight is 246 g/mol. The van der Waals surface area contributed by atoms with Crippen molar-refractivity contribution >= 4 is 11.8 Å². The Labute approximate surface area is 109 Å². The molecule has 18 heavy (non-hydrogen) atoms. The van der Waals surface area contributed by atoms with E-state index in [1.165, 1.54) is 25.7 Å². The maximum atomic E-state index is 4.45. The Balaban J connectivity index is 1.62. The molecular weight excluding hydrogens is 224 g/mol. The molecule has 3 rings (SSSR count). The van der Waals surface area contributed by atoms with E-state index in [-0.39, 0.29) is 0 Å². The third kappa shape index (κ3) is 2.74.